The molecule has 0 bridgehead atoms. The molecule has 1 aromatic rings. The molecular weight excluding hydrogens is 244 g/mol. The van der Waals surface area contributed by atoms with Gasteiger partial charge in [-0.05, 0) is 31.5 Å². The van der Waals surface area contributed by atoms with Gasteiger partial charge in [-0.3, -0.25) is 0 Å². The first-order valence-electron chi connectivity index (χ1n) is 6.13. The summed E-state index contributed by atoms with van der Waals surface area (Å²) < 4.78 is 0. The Labute approximate surface area is 113 Å². The van der Waals surface area contributed by atoms with E-state index < -0.39 is 0 Å². The summed E-state index contributed by atoms with van der Waals surface area (Å²) in [7, 11) is 1.56. The van der Waals surface area contributed by atoms with Crippen LogP contribution in [0.15, 0.2) is 24.3 Å². The van der Waals surface area contributed by atoms with Crippen molar-refractivity contribution < 1.29 is 9.59 Å². The largest absolute Gasteiger partial charge is 0.341 e. The molecule has 0 spiro atoms. The monoisotopic (exact) mass is 264 g/mol. The number of benzene rings is 1. The van der Waals surface area contributed by atoms with Gasteiger partial charge in [0.05, 0.1) is 0 Å². The Hall–Kier alpha value is -2.24. The van der Waals surface area contributed by atoms with Crippen molar-refractivity contribution in [1.82, 2.24) is 16.0 Å². The van der Waals surface area contributed by atoms with Crippen molar-refractivity contribution in [2.75, 3.05) is 12.4 Å². The maximum Gasteiger partial charge on any atom is 0.319 e. The molecule has 0 saturated carbocycles. The quantitative estimate of drug-likeness (QED) is 0.667. The van der Waals surface area contributed by atoms with Crippen LogP contribution in [0.3, 0.4) is 0 Å². The highest BCUT2D eigenvalue weighted by Crippen LogP contribution is 2.10. The summed E-state index contributed by atoms with van der Waals surface area (Å²) >= 11 is 0. The summed E-state index contributed by atoms with van der Waals surface area (Å²) in [5.74, 6) is 0. The van der Waals surface area contributed by atoms with E-state index in [1.807, 2.05) is 32.0 Å². The van der Waals surface area contributed by atoms with Crippen molar-refractivity contribution in [3.8, 4) is 0 Å². The molecule has 0 saturated heterocycles. The zero-order valence-electron chi connectivity index (χ0n) is 11.4. The SMILES string of the molecule is CNC(=O)NCc1cccc(NC(=O)NC(C)C)c1. The highest BCUT2D eigenvalue weighted by Gasteiger charge is 2.04. The van der Waals surface area contributed by atoms with Crippen molar-refractivity contribution in [3.63, 3.8) is 0 Å². The van der Waals surface area contributed by atoms with Gasteiger partial charge in [-0.2, -0.15) is 0 Å². The average molecular weight is 264 g/mol. The minimum atomic E-state index is -0.244. The Morgan fingerprint density at radius 2 is 1.95 bits per heavy atom. The molecule has 0 aliphatic carbocycles. The van der Waals surface area contributed by atoms with Crippen LogP contribution >= 0.6 is 0 Å². The molecule has 0 radical (unpaired) electrons. The van der Waals surface area contributed by atoms with Crippen LogP contribution in [0.5, 0.6) is 0 Å². The number of anilines is 1. The number of rotatable bonds is 4. The maximum absolute atomic E-state index is 11.5. The molecule has 0 aliphatic heterocycles. The summed E-state index contributed by atoms with van der Waals surface area (Å²) in [4.78, 5) is 22.6. The fourth-order valence-corrected chi connectivity index (χ4v) is 1.46. The van der Waals surface area contributed by atoms with E-state index >= 15 is 0 Å². The predicted octanol–water partition coefficient (Wildman–Crippen LogP) is 1.65. The van der Waals surface area contributed by atoms with Gasteiger partial charge >= 0.3 is 12.1 Å². The Morgan fingerprint density at radius 1 is 1.21 bits per heavy atom. The maximum atomic E-state index is 11.5. The molecule has 0 heterocycles. The highest BCUT2D eigenvalue weighted by molar-refractivity contribution is 5.89. The van der Waals surface area contributed by atoms with Gasteiger partial charge in [-0.25, -0.2) is 9.59 Å². The molecule has 4 amide bonds. The smallest absolute Gasteiger partial charge is 0.319 e. The third kappa shape index (κ3) is 5.76. The summed E-state index contributed by atoms with van der Waals surface area (Å²) in [5, 5.41) is 10.6. The first-order valence-corrected chi connectivity index (χ1v) is 6.13. The first-order chi connectivity index (χ1) is 9.01. The molecule has 6 nitrogen and oxygen atoms in total. The van der Waals surface area contributed by atoms with Crippen molar-refractivity contribution in [2.45, 2.75) is 26.4 Å². The second-order valence-electron chi connectivity index (χ2n) is 4.39. The van der Waals surface area contributed by atoms with E-state index in [9.17, 15) is 9.59 Å². The molecule has 1 rings (SSSR count). The molecule has 6 heteroatoms. The molecule has 1 aromatic carbocycles. The van der Waals surface area contributed by atoms with Crippen LogP contribution in [0, 0.1) is 0 Å². The summed E-state index contributed by atoms with van der Waals surface area (Å²) in [6, 6.07) is 6.91. The number of carbonyl (C=O) groups is 2. The minimum absolute atomic E-state index is 0.0816. The van der Waals surface area contributed by atoms with Crippen LogP contribution in [0.4, 0.5) is 15.3 Å². The van der Waals surface area contributed by atoms with Crippen molar-refractivity contribution in [3.05, 3.63) is 29.8 Å². The second-order valence-corrected chi connectivity index (χ2v) is 4.39. The second kappa shape index (κ2) is 7.25. The first kappa shape index (κ1) is 14.8. The molecule has 4 N–H and O–H groups in total. The fraction of sp³-hybridized carbons (Fsp3) is 0.385. The minimum Gasteiger partial charge on any atom is -0.341 e. The lowest BCUT2D eigenvalue weighted by atomic mass is 10.2. The lowest BCUT2D eigenvalue weighted by molar-refractivity contribution is 0.242. The van der Waals surface area contributed by atoms with Gasteiger partial charge in [0.2, 0.25) is 0 Å². The lowest BCUT2D eigenvalue weighted by Crippen LogP contribution is -2.34. The Kier molecular flexibility index (Phi) is 5.66. The summed E-state index contributed by atoms with van der Waals surface area (Å²) in [5.41, 5.74) is 1.60. The van der Waals surface area contributed by atoms with Crippen LogP contribution in [-0.4, -0.2) is 25.2 Å². The zero-order chi connectivity index (χ0) is 14.3. The lowest BCUT2D eigenvalue weighted by Gasteiger charge is -2.11. The predicted molar refractivity (Wildman–Crippen MR) is 75.0 cm³/mol. The van der Waals surface area contributed by atoms with Crippen LogP contribution < -0.4 is 21.3 Å². The van der Waals surface area contributed by atoms with Gasteiger partial charge in [0, 0.05) is 25.3 Å². The molecule has 0 atom stereocenters. The number of hydrogen-bond acceptors (Lipinski definition) is 2. The van der Waals surface area contributed by atoms with Crippen LogP contribution in [0.2, 0.25) is 0 Å². The van der Waals surface area contributed by atoms with Gasteiger partial charge in [-0.15, -0.1) is 0 Å². The number of nitrogens with one attached hydrogen (secondary N) is 4. The van der Waals surface area contributed by atoms with E-state index in [1.54, 1.807) is 13.1 Å². The molecule has 104 valence electrons. The third-order valence-corrected chi connectivity index (χ3v) is 2.28. The van der Waals surface area contributed by atoms with Gasteiger partial charge < -0.3 is 21.3 Å². The third-order valence-electron chi connectivity index (χ3n) is 2.28. The molecule has 19 heavy (non-hydrogen) atoms. The van der Waals surface area contributed by atoms with Gasteiger partial charge in [0.15, 0.2) is 0 Å². The van der Waals surface area contributed by atoms with E-state index in [-0.39, 0.29) is 18.1 Å². The van der Waals surface area contributed by atoms with Crippen LogP contribution in [-0.2, 0) is 6.54 Å². The number of hydrogen-bond donors (Lipinski definition) is 4. The fourth-order valence-electron chi connectivity index (χ4n) is 1.46. The van der Waals surface area contributed by atoms with E-state index in [0.29, 0.717) is 12.2 Å². The van der Waals surface area contributed by atoms with Crippen molar-refractivity contribution in [2.24, 2.45) is 0 Å². The molecule has 0 fully saturated rings. The number of amides is 4. The normalized spacial score (nSPS) is 9.89. The van der Waals surface area contributed by atoms with Gasteiger partial charge in [0.1, 0.15) is 0 Å². The molecule has 0 aliphatic rings. The van der Waals surface area contributed by atoms with E-state index in [4.69, 9.17) is 0 Å². The Balaban J connectivity index is 2.56. The van der Waals surface area contributed by atoms with Crippen LogP contribution in [0.25, 0.3) is 0 Å². The summed E-state index contributed by atoms with van der Waals surface area (Å²) in [6.07, 6.45) is 0. The van der Waals surface area contributed by atoms with E-state index in [1.165, 1.54) is 0 Å². The number of carbonyl (C=O) groups excluding carboxylic acids is 2. The van der Waals surface area contributed by atoms with Crippen molar-refractivity contribution in [1.29, 1.82) is 0 Å². The topological polar surface area (TPSA) is 82.3 Å². The Bertz CT molecular complexity index is 446. The number of urea groups is 2. The molecule has 0 unspecified atom stereocenters. The summed E-state index contributed by atoms with van der Waals surface area (Å²) in [6.45, 7) is 4.19. The van der Waals surface area contributed by atoms with Crippen LogP contribution in [0.1, 0.15) is 19.4 Å². The highest BCUT2D eigenvalue weighted by atomic mass is 16.2. The van der Waals surface area contributed by atoms with Gasteiger partial charge in [-0.1, -0.05) is 12.1 Å². The van der Waals surface area contributed by atoms with Crippen molar-refractivity contribution >= 4 is 17.7 Å². The Morgan fingerprint density at radius 3 is 2.58 bits per heavy atom. The zero-order valence-corrected chi connectivity index (χ0v) is 11.4. The molecular formula is C13H20N4O2. The van der Waals surface area contributed by atoms with Gasteiger partial charge in [0.25, 0.3) is 0 Å². The van der Waals surface area contributed by atoms with E-state index in [0.717, 1.165) is 5.56 Å². The standard InChI is InChI=1S/C13H20N4O2/c1-9(2)16-13(19)17-11-6-4-5-10(7-11)8-15-12(18)14-3/h4-7,9H,8H2,1-3H3,(H2,14,15,18)(H2,16,17,19). The average Bonchev–Trinajstić information content (AvgIpc) is 2.35. The van der Waals surface area contributed by atoms with E-state index in [2.05, 4.69) is 21.3 Å². The molecule has 0 aromatic heterocycles.